The Morgan fingerprint density at radius 1 is 1.50 bits per heavy atom. The van der Waals surface area contributed by atoms with Crippen molar-refractivity contribution in [3.05, 3.63) is 42.2 Å². The maximum absolute atomic E-state index is 4.33. The summed E-state index contributed by atoms with van der Waals surface area (Å²) in [6, 6.07) is 6.01. The van der Waals surface area contributed by atoms with Crippen molar-refractivity contribution in [2.45, 2.75) is 6.92 Å². The Bertz CT molecular complexity index is 426. The molecule has 0 atom stereocenters. The predicted molar refractivity (Wildman–Crippen MR) is 50.0 cm³/mol. The molecule has 2 heteroatoms. The average Bonchev–Trinajstić information content (AvgIpc) is 2.40. The third-order valence-electron chi connectivity index (χ3n) is 1.97. The zero-order valence-corrected chi connectivity index (χ0v) is 6.99. The van der Waals surface area contributed by atoms with Gasteiger partial charge in [0.25, 0.3) is 0 Å². The smallest absolute Gasteiger partial charge is 0.0736 e. The molecule has 0 fully saturated rings. The summed E-state index contributed by atoms with van der Waals surface area (Å²) >= 11 is 0. The van der Waals surface area contributed by atoms with Gasteiger partial charge in [0.2, 0.25) is 0 Å². The van der Waals surface area contributed by atoms with Gasteiger partial charge in [-0.25, -0.2) is 4.52 Å². The molecule has 0 unspecified atom stereocenters. The lowest BCUT2D eigenvalue weighted by molar-refractivity contribution is 0.934. The quantitative estimate of drug-likeness (QED) is 0.622. The second-order valence-electron chi connectivity index (χ2n) is 2.73. The lowest BCUT2D eigenvalue weighted by Crippen LogP contribution is -1.83. The van der Waals surface area contributed by atoms with Crippen LogP contribution in [-0.4, -0.2) is 9.61 Å². The fourth-order valence-corrected chi connectivity index (χ4v) is 1.39. The van der Waals surface area contributed by atoms with Crippen LogP contribution >= 0.6 is 0 Å². The van der Waals surface area contributed by atoms with E-state index >= 15 is 0 Å². The molecule has 0 N–H and O–H groups in total. The van der Waals surface area contributed by atoms with Crippen molar-refractivity contribution in [3.63, 3.8) is 0 Å². The van der Waals surface area contributed by atoms with Crippen LogP contribution in [0.2, 0.25) is 0 Å². The van der Waals surface area contributed by atoms with Gasteiger partial charge in [0, 0.05) is 11.8 Å². The van der Waals surface area contributed by atoms with Crippen molar-refractivity contribution in [1.29, 1.82) is 0 Å². The highest BCUT2D eigenvalue weighted by atomic mass is 15.2. The third kappa shape index (κ3) is 0.848. The van der Waals surface area contributed by atoms with Crippen LogP contribution in [0.5, 0.6) is 0 Å². The molecule has 0 radical (unpaired) electrons. The molecule has 2 heterocycles. The van der Waals surface area contributed by atoms with Gasteiger partial charge in [-0.1, -0.05) is 18.7 Å². The highest BCUT2D eigenvalue weighted by Gasteiger charge is 2.03. The molecule has 0 spiro atoms. The number of nitrogens with zero attached hydrogens (tertiary/aromatic N) is 2. The van der Waals surface area contributed by atoms with Crippen LogP contribution in [0, 0.1) is 6.92 Å². The summed E-state index contributed by atoms with van der Waals surface area (Å²) < 4.78 is 1.87. The van der Waals surface area contributed by atoms with E-state index in [9.17, 15) is 0 Å². The van der Waals surface area contributed by atoms with Crippen molar-refractivity contribution in [2.24, 2.45) is 0 Å². The summed E-state index contributed by atoms with van der Waals surface area (Å²) in [5, 5.41) is 4.33. The minimum Gasteiger partial charge on any atom is -0.240 e. The fraction of sp³-hybridized carbons (Fsp3) is 0.100. The van der Waals surface area contributed by atoms with Gasteiger partial charge in [-0.2, -0.15) is 5.10 Å². The van der Waals surface area contributed by atoms with Crippen LogP contribution in [-0.2, 0) is 0 Å². The first-order valence-electron chi connectivity index (χ1n) is 3.89. The summed E-state index contributed by atoms with van der Waals surface area (Å²) in [4.78, 5) is 0. The minimum absolute atomic E-state index is 1.02. The number of hydrogen-bond donors (Lipinski definition) is 0. The molecule has 0 aromatic carbocycles. The molecule has 2 rings (SSSR count). The van der Waals surface area contributed by atoms with E-state index in [1.165, 1.54) is 0 Å². The Labute approximate surface area is 71.1 Å². The molecule has 2 aromatic rings. The van der Waals surface area contributed by atoms with Gasteiger partial charge in [0.05, 0.1) is 11.2 Å². The number of hydrogen-bond acceptors (Lipinski definition) is 1. The van der Waals surface area contributed by atoms with E-state index < -0.39 is 0 Å². The molecule has 0 aliphatic rings. The highest BCUT2D eigenvalue weighted by molar-refractivity contribution is 5.69. The van der Waals surface area contributed by atoms with Crippen LogP contribution in [0.15, 0.2) is 31.0 Å². The average molecular weight is 158 g/mol. The van der Waals surface area contributed by atoms with Crippen LogP contribution in [0.3, 0.4) is 0 Å². The van der Waals surface area contributed by atoms with Gasteiger partial charge in [-0.05, 0) is 19.1 Å². The third-order valence-corrected chi connectivity index (χ3v) is 1.97. The Morgan fingerprint density at radius 3 is 3.08 bits per heavy atom. The Hall–Kier alpha value is -1.57. The summed E-state index contributed by atoms with van der Waals surface area (Å²) in [7, 11) is 0. The van der Waals surface area contributed by atoms with Crippen molar-refractivity contribution in [2.75, 3.05) is 0 Å². The van der Waals surface area contributed by atoms with Crippen LogP contribution in [0.4, 0.5) is 0 Å². The van der Waals surface area contributed by atoms with Gasteiger partial charge in [0.1, 0.15) is 0 Å². The van der Waals surface area contributed by atoms with Gasteiger partial charge >= 0.3 is 0 Å². The second-order valence-corrected chi connectivity index (χ2v) is 2.73. The first kappa shape index (κ1) is 7.10. The van der Waals surface area contributed by atoms with E-state index in [-0.39, 0.29) is 0 Å². The van der Waals surface area contributed by atoms with E-state index in [1.54, 1.807) is 0 Å². The summed E-state index contributed by atoms with van der Waals surface area (Å²) in [6.45, 7) is 5.75. The van der Waals surface area contributed by atoms with E-state index in [4.69, 9.17) is 0 Å². The lowest BCUT2D eigenvalue weighted by atomic mass is 10.2. The largest absolute Gasteiger partial charge is 0.240 e. The van der Waals surface area contributed by atoms with Crippen LogP contribution < -0.4 is 0 Å². The van der Waals surface area contributed by atoms with E-state index in [0.717, 1.165) is 16.8 Å². The molecule has 0 aliphatic carbocycles. The van der Waals surface area contributed by atoms with Gasteiger partial charge < -0.3 is 0 Å². The first-order chi connectivity index (χ1) is 5.83. The molecule has 0 aliphatic heterocycles. The number of rotatable bonds is 1. The molecular weight excluding hydrogens is 148 g/mol. The number of pyridine rings is 1. The van der Waals surface area contributed by atoms with Crippen molar-refractivity contribution >= 4 is 11.6 Å². The molecule has 2 nitrogen and oxygen atoms in total. The summed E-state index contributed by atoms with van der Waals surface area (Å²) in [6.07, 6.45) is 3.78. The molecule has 2 aromatic heterocycles. The lowest BCUT2D eigenvalue weighted by Gasteiger charge is -1.90. The number of fused-ring (bicyclic) bond motifs is 1. The molecular formula is C10H10N2. The zero-order valence-electron chi connectivity index (χ0n) is 6.99. The monoisotopic (exact) mass is 158 g/mol. The molecule has 0 saturated carbocycles. The molecule has 60 valence electrons. The summed E-state index contributed by atoms with van der Waals surface area (Å²) in [5.41, 5.74) is 3.26. The van der Waals surface area contributed by atoms with E-state index in [0.29, 0.717) is 0 Å². The molecule has 0 amide bonds. The zero-order chi connectivity index (χ0) is 8.55. The Kier molecular flexibility index (Phi) is 1.47. The van der Waals surface area contributed by atoms with Crippen molar-refractivity contribution in [1.82, 2.24) is 9.61 Å². The van der Waals surface area contributed by atoms with Gasteiger partial charge in [0.15, 0.2) is 0 Å². The van der Waals surface area contributed by atoms with Crippen LogP contribution in [0.1, 0.15) is 11.3 Å². The second kappa shape index (κ2) is 2.48. The standard InChI is InChI=1S/C10H10N2/c1-3-9-8(2)11-12-7-5-4-6-10(9)12/h3-7H,1H2,2H3. The number of aryl methyl sites for hydroxylation is 1. The Balaban J connectivity index is 2.90. The first-order valence-corrected chi connectivity index (χ1v) is 3.89. The van der Waals surface area contributed by atoms with E-state index in [1.807, 2.05) is 41.9 Å². The topological polar surface area (TPSA) is 17.3 Å². The molecule has 0 bridgehead atoms. The van der Waals surface area contributed by atoms with Crippen molar-refractivity contribution in [3.8, 4) is 0 Å². The Morgan fingerprint density at radius 2 is 2.33 bits per heavy atom. The van der Waals surface area contributed by atoms with Gasteiger partial charge in [-0.3, -0.25) is 0 Å². The summed E-state index contributed by atoms with van der Waals surface area (Å²) in [5.74, 6) is 0. The highest BCUT2D eigenvalue weighted by Crippen LogP contribution is 2.15. The van der Waals surface area contributed by atoms with Crippen molar-refractivity contribution < 1.29 is 0 Å². The van der Waals surface area contributed by atoms with E-state index in [2.05, 4.69) is 11.7 Å². The SMILES string of the molecule is C=Cc1c(C)nn2ccccc12. The molecule has 12 heavy (non-hydrogen) atoms. The maximum Gasteiger partial charge on any atom is 0.0736 e. The maximum atomic E-state index is 4.33. The van der Waals surface area contributed by atoms with Gasteiger partial charge in [-0.15, -0.1) is 0 Å². The fourth-order valence-electron chi connectivity index (χ4n) is 1.39. The number of aromatic nitrogens is 2. The minimum atomic E-state index is 1.02. The normalized spacial score (nSPS) is 10.4. The molecule has 0 saturated heterocycles. The van der Waals surface area contributed by atoms with Crippen LogP contribution in [0.25, 0.3) is 11.6 Å². The predicted octanol–water partition coefficient (Wildman–Crippen LogP) is 2.29.